The van der Waals surface area contributed by atoms with Crippen LogP contribution in [0.1, 0.15) is 44.5 Å². The van der Waals surface area contributed by atoms with Gasteiger partial charge in [-0.05, 0) is 48.0 Å². The van der Waals surface area contributed by atoms with Crippen LogP contribution in [0.25, 0.3) is 0 Å². The number of benzene rings is 3. The number of fused-ring (bicyclic) bond motifs is 1. The van der Waals surface area contributed by atoms with E-state index in [-0.39, 0.29) is 0 Å². The Labute approximate surface area is 215 Å². The number of phenols is 2. The molecular weight excluding hydrogens is 450 g/mol. The highest BCUT2D eigenvalue weighted by atomic mass is 16.5. The van der Waals surface area contributed by atoms with Crippen LogP contribution in [-0.4, -0.2) is 52.8 Å². The monoisotopic (exact) mass is 489 g/mol. The van der Waals surface area contributed by atoms with Gasteiger partial charge in [-0.15, -0.1) is 0 Å². The maximum Gasteiger partial charge on any atom is 0.142 e. The summed E-state index contributed by atoms with van der Waals surface area (Å²) in [7, 11) is 6.15. The van der Waals surface area contributed by atoms with Gasteiger partial charge in [-0.3, -0.25) is 14.7 Å². The maximum absolute atomic E-state index is 11.2. The van der Waals surface area contributed by atoms with Crippen LogP contribution >= 0.6 is 0 Å². The second kappa shape index (κ2) is 10.9. The van der Waals surface area contributed by atoms with Crippen molar-refractivity contribution >= 4 is 0 Å². The smallest absolute Gasteiger partial charge is 0.142 e. The molecule has 0 saturated carbocycles. The van der Waals surface area contributed by atoms with Gasteiger partial charge in [-0.2, -0.15) is 0 Å². The van der Waals surface area contributed by atoms with Gasteiger partial charge < -0.3 is 14.9 Å². The molecule has 6 heteroatoms. The Bertz CT molecular complexity index is 1240. The molecule has 0 unspecified atom stereocenters. The van der Waals surface area contributed by atoms with Gasteiger partial charge in [-0.25, -0.2) is 0 Å². The Morgan fingerprint density at radius 2 is 1.28 bits per heavy atom. The number of nitrogens with zero attached hydrogens (tertiary/aromatic N) is 3. The third kappa shape index (κ3) is 6.19. The number of rotatable bonds is 8. The summed E-state index contributed by atoms with van der Waals surface area (Å²) in [6.45, 7) is 10.3. The normalized spacial score (nSPS) is 13.8. The van der Waals surface area contributed by atoms with Gasteiger partial charge in [0.05, 0.1) is 0 Å². The molecule has 0 spiro atoms. The Hall–Kier alpha value is -3.06. The summed E-state index contributed by atoms with van der Waals surface area (Å²) in [5.74, 6) is 1.65. The van der Waals surface area contributed by atoms with E-state index in [4.69, 9.17) is 4.74 Å². The van der Waals surface area contributed by atoms with Gasteiger partial charge in [0.1, 0.15) is 24.0 Å². The number of hydrogen-bond acceptors (Lipinski definition) is 6. The fourth-order valence-electron chi connectivity index (χ4n) is 5.15. The van der Waals surface area contributed by atoms with E-state index >= 15 is 0 Å². The second-order valence-electron chi connectivity index (χ2n) is 10.6. The summed E-state index contributed by atoms with van der Waals surface area (Å²) in [6.07, 6.45) is 0. The highest BCUT2D eigenvalue weighted by Crippen LogP contribution is 2.32. The predicted molar refractivity (Wildman–Crippen MR) is 144 cm³/mol. The number of aromatic hydroxyl groups is 2. The van der Waals surface area contributed by atoms with Gasteiger partial charge in [0, 0.05) is 60.5 Å². The first kappa shape index (κ1) is 26.0. The molecule has 36 heavy (non-hydrogen) atoms. The molecule has 0 bridgehead atoms. The lowest BCUT2D eigenvalue weighted by atomic mass is 10.0. The summed E-state index contributed by atoms with van der Waals surface area (Å²) in [6, 6.07) is 14.2. The van der Waals surface area contributed by atoms with E-state index in [1.165, 1.54) is 16.7 Å². The first-order chi connectivity index (χ1) is 17.1. The van der Waals surface area contributed by atoms with Crippen molar-refractivity contribution in [1.29, 1.82) is 0 Å². The lowest BCUT2D eigenvalue weighted by Gasteiger charge is -2.29. The summed E-state index contributed by atoms with van der Waals surface area (Å²) < 4.78 is 6.07. The van der Waals surface area contributed by atoms with Crippen LogP contribution in [-0.2, 0) is 32.7 Å². The van der Waals surface area contributed by atoms with E-state index in [0.29, 0.717) is 37.9 Å². The summed E-state index contributed by atoms with van der Waals surface area (Å²) in [5, 5.41) is 21.4. The molecule has 3 aromatic carbocycles. The molecule has 6 nitrogen and oxygen atoms in total. The van der Waals surface area contributed by atoms with Crippen LogP contribution in [0, 0.1) is 20.8 Å². The molecule has 0 atom stereocenters. The van der Waals surface area contributed by atoms with E-state index in [2.05, 4.69) is 60.8 Å². The van der Waals surface area contributed by atoms with Crippen LogP contribution in [0.4, 0.5) is 0 Å². The van der Waals surface area contributed by atoms with E-state index < -0.39 is 0 Å². The Morgan fingerprint density at radius 1 is 0.750 bits per heavy atom. The topological polar surface area (TPSA) is 59.4 Å². The van der Waals surface area contributed by atoms with Crippen LogP contribution in [0.15, 0.2) is 42.5 Å². The first-order valence-corrected chi connectivity index (χ1v) is 12.5. The molecule has 0 fully saturated rings. The minimum Gasteiger partial charge on any atom is -0.508 e. The predicted octanol–water partition coefficient (Wildman–Crippen LogP) is 5.07. The molecule has 0 aromatic heterocycles. The van der Waals surface area contributed by atoms with E-state index in [1.807, 2.05) is 32.2 Å². The zero-order chi connectivity index (χ0) is 26.0. The molecule has 2 N–H and O–H groups in total. The van der Waals surface area contributed by atoms with Crippen molar-refractivity contribution in [2.75, 3.05) is 27.9 Å². The molecule has 1 heterocycles. The molecule has 0 aliphatic carbocycles. The van der Waals surface area contributed by atoms with Gasteiger partial charge in [0.15, 0.2) is 0 Å². The Balaban J connectivity index is 1.48. The van der Waals surface area contributed by atoms with Gasteiger partial charge in [-0.1, -0.05) is 53.1 Å². The molecule has 0 amide bonds. The van der Waals surface area contributed by atoms with Gasteiger partial charge in [0.2, 0.25) is 0 Å². The molecule has 3 aromatic rings. The molecule has 0 saturated heterocycles. The summed E-state index contributed by atoms with van der Waals surface area (Å²) in [4.78, 5) is 6.51. The zero-order valence-electron chi connectivity index (χ0n) is 22.4. The summed E-state index contributed by atoms with van der Waals surface area (Å²) in [5.41, 5.74) is 8.60. The van der Waals surface area contributed by atoms with Crippen molar-refractivity contribution in [1.82, 2.24) is 14.7 Å². The van der Waals surface area contributed by atoms with Crippen LogP contribution in [0.5, 0.6) is 17.2 Å². The van der Waals surface area contributed by atoms with Crippen LogP contribution in [0.3, 0.4) is 0 Å². The largest absolute Gasteiger partial charge is 0.508 e. The van der Waals surface area contributed by atoms with Crippen molar-refractivity contribution in [2.45, 2.75) is 53.5 Å². The van der Waals surface area contributed by atoms with Gasteiger partial charge in [0.25, 0.3) is 0 Å². The molecule has 192 valence electrons. The van der Waals surface area contributed by atoms with Crippen molar-refractivity contribution < 1.29 is 14.9 Å². The highest BCUT2D eigenvalue weighted by molar-refractivity contribution is 5.46. The third-order valence-electron chi connectivity index (χ3n) is 6.66. The standard InChI is InChI=1S/C30H39N3O3/c1-20-7-8-28(34)23(9-20)14-31(4)15-24-10-21(2)11-25(29(24)35)16-32(5)17-26-12-22(3)13-27-18-33(6)19-36-30(26)27/h7-13,34-35H,14-19H2,1-6H3. The molecule has 4 rings (SSSR count). The molecular formula is C30H39N3O3. The second-order valence-corrected chi connectivity index (χ2v) is 10.6. The van der Waals surface area contributed by atoms with Crippen LogP contribution < -0.4 is 4.74 Å². The van der Waals surface area contributed by atoms with Crippen molar-refractivity contribution in [2.24, 2.45) is 0 Å². The third-order valence-corrected chi connectivity index (χ3v) is 6.66. The van der Waals surface area contributed by atoms with Crippen molar-refractivity contribution in [3.8, 4) is 17.2 Å². The zero-order valence-corrected chi connectivity index (χ0v) is 22.4. The maximum atomic E-state index is 11.2. The van der Waals surface area contributed by atoms with E-state index in [1.54, 1.807) is 6.07 Å². The first-order valence-electron chi connectivity index (χ1n) is 12.5. The quantitative estimate of drug-likeness (QED) is 0.461. The minimum atomic E-state index is 0.303. The number of ether oxygens (including phenoxy) is 1. The van der Waals surface area contributed by atoms with Crippen LogP contribution in [0.2, 0.25) is 0 Å². The Kier molecular flexibility index (Phi) is 7.88. The minimum absolute atomic E-state index is 0.303. The fourth-order valence-corrected chi connectivity index (χ4v) is 5.15. The SMILES string of the molecule is Cc1ccc(O)c(CN(C)Cc2cc(C)cc(CN(C)Cc3cc(C)cc4c3OCN(C)C4)c2O)c1. The molecule has 0 radical (unpaired) electrons. The van der Waals surface area contributed by atoms with Crippen molar-refractivity contribution in [3.05, 3.63) is 87.0 Å². The summed E-state index contributed by atoms with van der Waals surface area (Å²) >= 11 is 0. The highest BCUT2D eigenvalue weighted by Gasteiger charge is 2.20. The van der Waals surface area contributed by atoms with Gasteiger partial charge >= 0.3 is 0 Å². The Morgan fingerprint density at radius 3 is 1.94 bits per heavy atom. The molecule has 1 aliphatic heterocycles. The molecule has 1 aliphatic rings. The van der Waals surface area contributed by atoms with E-state index in [9.17, 15) is 10.2 Å². The number of phenolic OH excluding ortho intramolecular Hbond substituents is 2. The van der Waals surface area contributed by atoms with Crippen molar-refractivity contribution in [3.63, 3.8) is 0 Å². The number of hydrogen-bond donors (Lipinski definition) is 2. The fraction of sp³-hybridized carbons (Fsp3) is 0.400. The lowest BCUT2D eigenvalue weighted by Crippen LogP contribution is -2.29. The average molecular weight is 490 g/mol. The van der Waals surface area contributed by atoms with E-state index in [0.717, 1.165) is 46.7 Å². The average Bonchev–Trinajstić information content (AvgIpc) is 2.78. The lowest BCUT2D eigenvalue weighted by molar-refractivity contribution is 0.119. The number of aryl methyl sites for hydroxylation is 3.